The summed E-state index contributed by atoms with van der Waals surface area (Å²) in [5.41, 5.74) is 2.63. The monoisotopic (exact) mass is 309 g/mol. The molecule has 0 unspecified atom stereocenters. The van der Waals surface area contributed by atoms with E-state index < -0.39 is 5.97 Å². The van der Waals surface area contributed by atoms with E-state index in [9.17, 15) is 4.79 Å². The molecule has 23 heavy (non-hydrogen) atoms. The van der Waals surface area contributed by atoms with Crippen molar-refractivity contribution in [3.8, 4) is 5.75 Å². The van der Waals surface area contributed by atoms with Gasteiger partial charge in [0.05, 0.1) is 18.4 Å². The molecule has 4 nitrogen and oxygen atoms in total. The molecule has 2 atom stereocenters. The molecule has 1 aliphatic rings. The number of carbonyl (C=O) groups is 1. The van der Waals surface area contributed by atoms with Gasteiger partial charge in [0.25, 0.3) is 0 Å². The van der Waals surface area contributed by atoms with E-state index in [0.29, 0.717) is 17.4 Å². The van der Waals surface area contributed by atoms with Crippen LogP contribution in [0.3, 0.4) is 0 Å². The van der Waals surface area contributed by atoms with Crippen LogP contribution in [0.1, 0.15) is 35.2 Å². The Hall–Kier alpha value is -2.62. The van der Waals surface area contributed by atoms with Crippen molar-refractivity contribution in [1.82, 2.24) is 0 Å². The molecule has 0 bridgehead atoms. The first-order chi connectivity index (χ1) is 11.2. The summed E-state index contributed by atoms with van der Waals surface area (Å²) >= 11 is 0. The topological polar surface area (TPSA) is 47.9 Å². The van der Waals surface area contributed by atoms with Gasteiger partial charge in [-0.15, -0.1) is 0 Å². The molecule has 1 saturated carbocycles. The second-order valence-electron chi connectivity index (χ2n) is 5.70. The largest absolute Gasteiger partial charge is 0.497 e. The molecule has 0 N–H and O–H groups in total. The molecule has 0 amide bonds. The quantitative estimate of drug-likeness (QED) is 0.476. The third-order valence-corrected chi connectivity index (χ3v) is 4.15. The first kappa shape index (κ1) is 15.3. The average molecular weight is 309 g/mol. The number of hydrogen-bond acceptors (Lipinski definition) is 4. The first-order valence-electron chi connectivity index (χ1n) is 7.64. The number of oxime groups is 1. The fourth-order valence-corrected chi connectivity index (χ4v) is 2.68. The fourth-order valence-electron chi connectivity index (χ4n) is 2.68. The summed E-state index contributed by atoms with van der Waals surface area (Å²) in [6, 6.07) is 17.0. The molecule has 0 saturated heterocycles. The predicted molar refractivity (Wildman–Crippen MR) is 88.8 cm³/mol. The van der Waals surface area contributed by atoms with Gasteiger partial charge >= 0.3 is 5.97 Å². The summed E-state index contributed by atoms with van der Waals surface area (Å²) in [5.74, 6) is 1.21. The van der Waals surface area contributed by atoms with Gasteiger partial charge in [-0.2, -0.15) is 0 Å². The van der Waals surface area contributed by atoms with Crippen molar-refractivity contribution in [1.29, 1.82) is 0 Å². The Balaban J connectivity index is 1.59. The Morgan fingerprint density at radius 1 is 1.09 bits per heavy atom. The van der Waals surface area contributed by atoms with Crippen molar-refractivity contribution in [2.45, 2.75) is 19.3 Å². The lowest BCUT2D eigenvalue weighted by Gasteiger charge is -2.03. The minimum absolute atomic E-state index is 0.340. The number of hydrogen-bond donors (Lipinski definition) is 0. The smallest absolute Gasteiger partial charge is 0.365 e. The van der Waals surface area contributed by atoms with E-state index in [1.165, 1.54) is 5.56 Å². The molecular formula is C19H19NO3. The number of ether oxygens (including phenoxy) is 1. The van der Waals surface area contributed by atoms with Gasteiger partial charge in [-0.05, 0) is 49.1 Å². The average Bonchev–Trinajstić information content (AvgIpc) is 3.41. The number of rotatable bonds is 5. The molecule has 2 aromatic rings. The molecule has 0 radical (unpaired) electrons. The van der Waals surface area contributed by atoms with Crippen LogP contribution in [0, 0.1) is 5.92 Å². The van der Waals surface area contributed by atoms with Crippen molar-refractivity contribution in [3.63, 3.8) is 0 Å². The third kappa shape index (κ3) is 3.59. The number of methoxy groups -OCH3 is 1. The summed E-state index contributed by atoms with van der Waals surface area (Å²) in [5, 5.41) is 4.01. The molecular weight excluding hydrogens is 290 g/mol. The number of benzene rings is 2. The molecule has 0 spiro atoms. The van der Waals surface area contributed by atoms with Gasteiger partial charge in [0.15, 0.2) is 0 Å². The minimum Gasteiger partial charge on any atom is -0.497 e. The van der Waals surface area contributed by atoms with Gasteiger partial charge in [0, 0.05) is 5.92 Å². The summed E-state index contributed by atoms with van der Waals surface area (Å²) in [4.78, 5) is 16.9. The summed E-state index contributed by atoms with van der Waals surface area (Å²) < 4.78 is 5.17. The summed E-state index contributed by atoms with van der Waals surface area (Å²) in [6.07, 6.45) is 1.03. The predicted octanol–water partition coefficient (Wildman–Crippen LogP) is 4.03. The number of carbonyl (C=O) groups excluding carboxylic acids is 1. The van der Waals surface area contributed by atoms with Gasteiger partial charge in [-0.1, -0.05) is 35.5 Å². The van der Waals surface area contributed by atoms with E-state index in [-0.39, 0.29) is 0 Å². The minimum atomic E-state index is -0.424. The van der Waals surface area contributed by atoms with Gasteiger partial charge in [0.1, 0.15) is 5.75 Å². The van der Waals surface area contributed by atoms with E-state index >= 15 is 0 Å². The van der Waals surface area contributed by atoms with Crippen molar-refractivity contribution in [3.05, 3.63) is 65.7 Å². The van der Waals surface area contributed by atoms with Crippen molar-refractivity contribution in [2.75, 3.05) is 7.11 Å². The number of nitrogens with zero attached hydrogens (tertiary/aromatic N) is 1. The Kier molecular flexibility index (Phi) is 4.42. The maximum Gasteiger partial charge on any atom is 0.365 e. The highest BCUT2D eigenvalue weighted by atomic mass is 16.7. The van der Waals surface area contributed by atoms with Crippen molar-refractivity contribution < 1.29 is 14.4 Å². The lowest BCUT2D eigenvalue weighted by Crippen LogP contribution is -2.04. The van der Waals surface area contributed by atoms with Crippen molar-refractivity contribution >= 4 is 11.7 Å². The van der Waals surface area contributed by atoms with Crippen LogP contribution in [0.15, 0.2) is 59.8 Å². The van der Waals surface area contributed by atoms with E-state index in [1.54, 1.807) is 31.4 Å². The van der Waals surface area contributed by atoms with E-state index in [4.69, 9.17) is 9.57 Å². The van der Waals surface area contributed by atoms with Crippen LogP contribution in [0.25, 0.3) is 0 Å². The highest BCUT2D eigenvalue weighted by molar-refractivity contribution is 5.91. The lowest BCUT2D eigenvalue weighted by atomic mass is 10.1. The van der Waals surface area contributed by atoms with Gasteiger partial charge < -0.3 is 9.57 Å². The molecule has 0 aromatic heterocycles. The van der Waals surface area contributed by atoms with Crippen LogP contribution in [-0.4, -0.2) is 18.8 Å². The molecule has 4 heteroatoms. The SMILES string of the molecule is COc1ccc([C@@H]2C[C@H]2C(C)=NOC(=O)c2ccccc2)cc1. The Morgan fingerprint density at radius 3 is 2.43 bits per heavy atom. The standard InChI is InChI=1S/C19H19NO3/c1-13(20-23-19(21)15-6-4-3-5-7-15)17-12-18(17)14-8-10-16(22-2)11-9-14/h3-11,17-18H,12H2,1-2H3/t17-,18-/m0/s1. The Morgan fingerprint density at radius 2 is 1.78 bits per heavy atom. The van der Waals surface area contributed by atoms with Crippen LogP contribution in [0.4, 0.5) is 0 Å². The lowest BCUT2D eigenvalue weighted by molar-refractivity contribution is 0.0514. The van der Waals surface area contributed by atoms with E-state index in [1.807, 2.05) is 25.1 Å². The maximum atomic E-state index is 11.9. The zero-order valence-electron chi connectivity index (χ0n) is 13.2. The summed E-state index contributed by atoms with van der Waals surface area (Å²) in [6.45, 7) is 1.91. The van der Waals surface area contributed by atoms with E-state index in [0.717, 1.165) is 17.9 Å². The highest BCUT2D eigenvalue weighted by Gasteiger charge is 2.40. The molecule has 3 rings (SSSR count). The maximum absolute atomic E-state index is 11.9. The van der Waals surface area contributed by atoms with Crippen molar-refractivity contribution in [2.24, 2.45) is 11.1 Å². The van der Waals surface area contributed by atoms with Crippen LogP contribution >= 0.6 is 0 Å². The van der Waals surface area contributed by atoms with Gasteiger partial charge in [0.2, 0.25) is 0 Å². The van der Waals surface area contributed by atoms with Crippen LogP contribution < -0.4 is 4.74 Å². The van der Waals surface area contributed by atoms with E-state index in [2.05, 4.69) is 17.3 Å². The molecule has 0 heterocycles. The normalized spacial score (nSPS) is 20.0. The van der Waals surface area contributed by atoms with Crippen LogP contribution in [-0.2, 0) is 4.84 Å². The Labute approximate surface area is 135 Å². The fraction of sp³-hybridized carbons (Fsp3) is 0.263. The zero-order chi connectivity index (χ0) is 16.2. The van der Waals surface area contributed by atoms with Gasteiger partial charge in [-0.3, -0.25) is 0 Å². The van der Waals surface area contributed by atoms with Gasteiger partial charge in [-0.25, -0.2) is 4.79 Å². The highest BCUT2D eigenvalue weighted by Crippen LogP contribution is 2.48. The molecule has 2 aromatic carbocycles. The summed E-state index contributed by atoms with van der Waals surface area (Å²) in [7, 11) is 1.66. The zero-order valence-corrected chi connectivity index (χ0v) is 13.2. The first-order valence-corrected chi connectivity index (χ1v) is 7.64. The molecule has 118 valence electrons. The second kappa shape index (κ2) is 6.65. The molecule has 1 aliphatic carbocycles. The Bertz CT molecular complexity index is 707. The molecule has 1 fully saturated rings. The molecule has 0 aliphatic heterocycles. The second-order valence-corrected chi connectivity index (χ2v) is 5.70. The van der Waals surface area contributed by atoms with Crippen LogP contribution in [0.5, 0.6) is 5.75 Å². The van der Waals surface area contributed by atoms with Crippen LogP contribution in [0.2, 0.25) is 0 Å². The third-order valence-electron chi connectivity index (χ3n) is 4.15.